The molecule has 50 valence electrons. The number of carbonyl (C=O) groups is 1. The second kappa shape index (κ2) is 3.83. The van der Waals surface area contributed by atoms with E-state index in [1.165, 1.54) is 0 Å². The average molecular weight is 130 g/mol. The number of carbonyl (C=O) groups excluding carboxylic acids is 1. The molecule has 0 aromatic carbocycles. The van der Waals surface area contributed by atoms with Gasteiger partial charge in [0.2, 0.25) is 0 Å². The molecule has 3 heteroatoms. The Kier molecular flexibility index (Phi) is 3.35. The summed E-state index contributed by atoms with van der Waals surface area (Å²) in [5.74, 6) is -1.32. The van der Waals surface area contributed by atoms with Gasteiger partial charge in [-0.05, 0) is 0 Å². The lowest BCUT2D eigenvalue weighted by atomic mass is 10.6. The number of ether oxygens (including phenoxy) is 1. The van der Waals surface area contributed by atoms with Crippen molar-refractivity contribution in [3.8, 4) is 0 Å². The fraction of sp³-hybridized carbons (Fsp3) is 0.167. The van der Waals surface area contributed by atoms with Gasteiger partial charge in [-0.25, -0.2) is 9.18 Å². The summed E-state index contributed by atoms with van der Waals surface area (Å²) >= 11 is 0. The summed E-state index contributed by atoms with van der Waals surface area (Å²) in [5, 5.41) is 0. The second-order valence-electron chi connectivity index (χ2n) is 1.33. The van der Waals surface area contributed by atoms with Gasteiger partial charge >= 0.3 is 5.97 Å². The molecule has 0 aliphatic carbocycles. The first-order valence-electron chi connectivity index (χ1n) is 2.29. The molecule has 0 aliphatic heterocycles. The molecule has 0 aromatic rings. The van der Waals surface area contributed by atoms with Crippen molar-refractivity contribution in [3.05, 3.63) is 25.1 Å². The van der Waals surface area contributed by atoms with Crippen LogP contribution in [0.3, 0.4) is 0 Å². The summed E-state index contributed by atoms with van der Waals surface area (Å²) < 4.78 is 15.9. The van der Waals surface area contributed by atoms with E-state index >= 15 is 0 Å². The number of halogens is 1. The molecule has 0 aromatic heterocycles. The van der Waals surface area contributed by atoms with E-state index in [4.69, 9.17) is 0 Å². The van der Waals surface area contributed by atoms with E-state index in [0.29, 0.717) is 0 Å². The fourth-order valence-electron chi connectivity index (χ4n) is 0.208. The van der Waals surface area contributed by atoms with Gasteiger partial charge in [-0.1, -0.05) is 13.2 Å². The van der Waals surface area contributed by atoms with E-state index in [-0.39, 0.29) is 6.61 Å². The minimum absolute atomic E-state index is 0.384. The molecular weight excluding hydrogens is 123 g/mol. The molecule has 2 nitrogen and oxygen atoms in total. The minimum atomic E-state index is -0.676. The van der Waals surface area contributed by atoms with Crippen molar-refractivity contribution in [2.24, 2.45) is 0 Å². The van der Waals surface area contributed by atoms with E-state index in [2.05, 4.69) is 17.9 Å². The maximum absolute atomic E-state index is 11.7. The quantitative estimate of drug-likeness (QED) is 0.424. The number of esters is 1. The zero-order valence-corrected chi connectivity index (χ0v) is 4.89. The van der Waals surface area contributed by atoms with Crippen molar-refractivity contribution in [2.75, 3.05) is 6.61 Å². The molecule has 0 rings (SSSR count). The summed E-state index contributed by atoms with van der Waals surface area (Å²) in [6, 6.07) is 0. The number of rotatable bonds is 3. The van der Waals surface area contributed by atoms with Gasteiger partial charge in [0, 0.05) is 6.08 Å². The predicted molar refractivity (Wildman–Crippen MR) is 31.4 cm³/mol. The standard InChI is InChI=1S/C6H7FO2/c1-3-6(8)9-4-5(2)7/h3H,1-2,4H2. The third-order valence-corrected chi connectivity index (χ3v) is 0.538. The van der Waals surface area contributed by atoms with E-state index < -0.39 is 11.8 Å². The Labute approximate surface area is 52.6 Å². The van der Waals surface area contributed by atoms with Crippen LogP contribution in [0.1, 0.15) is 0 Å². The van der Waals surface area contributed by atoms with E-state index in [1.807, 2.05) is 0 Å². The lowest BCUT2D eigenvalue weighted by molar-refractivity contribution is -0.137. The lowest BCUT2D eigenvalue weighted by Gasteiger charge is -1.95. The Morgan fingerprint density at radius 1 is 1.78 bits per heavy atom. The van der Waals surface area contributed by atoms with Crippen LogP contribution >= 0.6 is 0 Å². The summed E-state index contributed by atoms with van der Waals surface area (Å²) in [5.41, 5.74) is 0. The first kappa shape index (κ1) is 7.88. The largest absolute Gasteiger partial charge is 0.455 e. The molecule has 0 saturated carbocycles. The van der Waals surface area contributed by atoms with Crippen molar-refractivity contribution in [2.45, 2.75) is 0 Å². The molecule has 0 radical (unpaired) electrons. The van der Waals surface area contributed by atoms with Gasteiger partial charge in [0.1, 0.15) is 12.4 Å². The van der Waals surface area contributed by atoms with Crippen molar-refractivity contribution >= 4 is 5.97 Å². The van der Waals surface area contributed by atoms with Crippen LogP contribution < -0.4 is 0 Å². The Balaban J connectivity index is 3.39. The predicted octanol–water partition coefficient (Wildman–Crippen LogP) is 1.20. The van der Waals surface area contributed by atoms with Gasteiger partial charge in [0.05, 0.1) is 0 Å². The first-order valence-corrected chi connectivity index (χ1v) is 2.29. The highest BCUT2D eigenvalue weighted by Gasteiger charge is 1.95. The topological polar surface area (TPSA) is 26.3 Å². The molecule has 0 unspecified atom stereocenters. The Bertz CT molecular complexity index is 140. The van der Waals surface area contributed by atoms with Crippen LogP contribution in [0.25, 0.3) is 0 Å². The van der Waals surface area contributed by atoms with Crippen molar-refractivity contribution in [1.29, 1.82) is 0 Å². The van der Waals surface area contributed by atoms with E-state index in [9.17, 15) is 9.18 Å². The van der Waals surface area contributed by atoms with Crippen LogP contribution in [0.2, 0.25) is 0 Å². The maximum Gasteiger partial charge on any atom is 0.330 e. The third-order valence-electron chi connectivity index (χ3n) is 0.538. The van der Waals surface area contributed by atoms with E-state index in [0.717, 1.165) is 6.08 Å². The molecule has 0 atom stereocenters. The molecule has 0 N–H and O–H groups in total. The highest BCUT2D eigenvalue weighted by Crippen LogP contribution is 1.91. The minimum Gasteiger partial charge on any atom is -0.455 e. The molecule has 0 bridgehead atoms. The number of hydrogen-bond donors (Lipinski definition) is 0. The van der Waals surface area contributed by atoms with Crippen molar-refractivity contribution < 1.29 is 13.9 Å². The van der Waals surface area contributed by atoms with Gasteiger partial charge in [0.25, 0.3) is 0 Å². The van der Waals surface area contributed by atoms with Gasteiger partial charge in [-0.2, -0.15) is 0 Å². The second-order valence-corrected chi connectivity index (χ2v) is 1.33. The number of hydrogen-bond acceptors (Lipinski definition) is 2. The molecule has 0 aliphatic rings. The zero-order valence-electron chi connectivity index (χ0n) is 4.89. The molecule has 0 saturated heterocycles. The van der Waals surface area contributed by atoms with Gasteiger partial charge in [-0.3, -0.25) is 0 Å². The van der Waals surface area contributed by atoms with Crippen LogP contribution in [0, 0.1) is 0 Å². The molecule has 0 amide bonds. The van der Waals surface area contributed by atoms with Gasteiger partial charge < -0.3 is 4.74 Å². The Morgan fingerprint density at radius 3 is 2.67 bits per heavy atom. The SMILES string of the molecule is C=CC(=O)OCC(=C)F. The van der Waals surface area contributed by atoms with Gasteiger partial charge in [0.15, 0.2) is 0 Å². The molecule has 9 heavy (non-hydrogen) atoms. The fourth-order valence-corrected chi connectivity index (χ4v) is 0.208. The molecule has 0 heterocycles. The van der Waals surface area contributed by atoms with Crippen LogP contribution in [-0.4, -0.2) is 12.6 Å². The third kappa shape index (κ3) is 4.74. The van der Waals surface area contributed by atoms with Crippen molar-refractivity contribution in [3.63, 3.8) is 0 Å². The molecule has 0 fully saturated rings. The first-order chi connectivity index (χ1) is 4.16. The van der Waals surface area contributed by atoms with Gasteiger partial charge in [-0.15, -0.1) is 0 Å². The zero-order chi connectivity index (χ0) is 7.28. The highest BCUT2D eigenvalue weighted by atomic mass is 19.1. The Hall–Kier alpha value is -1.12. The summed E-state index contributed by atoms with van der Waals surface area (Å²) in [6.45, 7) is 5.61. The molecular formula is C6H7FO2. The maximum atomic E-state index is 11.7. The molecule has 0 spiro atoms. The smallest absolute Gasteiger partial charge is 0.330 e. The van der Waals surface area contributed by atoms with Crippen LogP contribution in [0.5, 0.6) is 0 Å². The summed E-state index contributed by atoms with van der Waals surface area (Å²) in [6.07, 6.45) is 0.961. The highest BCUT2D eigenvalue weighted by molar-refractivity contribution is 5.81. The normalized spacial score (nSPS) is 8.11. The monoisotopic (exact) mass is 130 g/mol. The van der Waals surface area contributed by atoms with Crippen LogP contribution in [-0.2, 0) is 9.53 Å². The van der Waals surface area contributed by atoms with Crippen LogP contribution in [0.4, 0.5) is 4.39 Å². The average Bonchev–Trinajstić information content (AvgIpc) is 1.83. The Morgan fingerprint density at radius 2 is 2.33 bits per heavy atom. The summed E-state index contributed by atoms with van der Waals surface area (Å²) in [7, 11) is 0. The summed E-state index contributed by atoms with van der Waals surface area (Å²) in [4.78, 5) is 10.2. The van der Waals surface area contributed by atoms with Crippen molar-refractivity contribution in [1.82, 2.24) is 0 Å². The van der Waals surface area contributed by atoms with E-state index in [1.54, 1.807) is 0 Å². The lowest BCUT2D eigenvalue weighted by Crippen LogP contribution is -2.01. The van der Waals surface area contributed by atoms with Crippen LogP contribution in [0.15, 0.2) is 25.1 Å².